The van der Waals surface area contributed by atoms with Crippen LogP contribution in [0.15, 0.2) is 23.6 Å². The molecule has 1 aromatic heterocycles. The van der Waals surface area contributed by atoms with Crippen molar-refractivity contribution >= 4 is 27.4 Å². The highest BCUT2D eigenvalue weighted by Crippen LogP contribution is 2.29. The van der Waals surface area contributed by atoms with Crippen molar-refractivity contribution in [1.29, 1.82) is 0 Å². The van der Waals surface area contributed by atoms with Gasteiger partial charge >= 0.3 is 5.97 Å². The van der Waals surface area contributed by atoms with E-state index in [4.69, 9.17) is 4.74 Å². The van der Waals surface area contributed by atoms with Crippen LogP contribution in [0.3, 0.4) is 0 Å². The molecule has 0 aliphatic rings. The fourth-order valence-electron chi connectivity index (χ4n) is 1.74. The minimum atomic E-state index is -0.161. The first-order valence-corrected chi connectivity index (χ1v) is 6.43. The highest BCUT2D eigenvalue weighted by atomic mass is 32.1. The number of rotatable bonds is 4. The maximum Gasteiger partial charge on any atom is 0.306 e. The topological polar surface area (TPSA) is 46.5 Å². The van der Waals surface area contributed by atoms with Crippen molar-refractivity contribution < 1.29 is 14.6 Å². The summed E-state index contributed by atoms with van der Waals surface area (Å²) in [6.07, 6.45) is 1.09. The number of benzene rings is 1. The van der Waals surface area contributed by atoms with E-state index in [1.54, 1.807) is 30.4 Å². The van der Waals surface area contributed by atoms with E-state index in [-0.39, 0.29) is 11.7 Å². The van der Waals surface area contributed by atoms with Crippen LogP contribution in [0.5, 0.6) is 5.75 Å². The number of esters is 1. The van der Waals surface area contributed by atoms with Gasteiger partial charge in [-0.3, -0.25) is 4.79 Å². The molecule has 1 N–H and O–H groups in total. The van der Waals surface area contributed by atoms with Gasteiger partial charge in [-0.1, -0.05) is 0 Å². The summed E-state index contributed by atoms with van der Waals surface area (Å²) in [7, 11) is 0. The highest BCUT2D eigenvalue weighted by Gasteiger charge is 2.08. The lowest BCUT2D eigenvalue weighted by Gasteiger charge is -2.01. The van der Waals surface area contributed by atoms with Gasteiger partial charge < -0.3 is 9.84 Å². The van der Waals surface area contributed by atoms with Gasteiger partial charge in [-0.25, -0.2) is 0 Å². The molecule has 17 heavy (non-hydrogen) atoms. The van der Waals surface area contributed by atoms with Crippen molar-refractivity contribution in [2.45, 2.75) is 19.8 Å². The Morgan fingerprint density at radius 1 is 1.47 bits per heavy atom. The maximum atomic E-state index is 11.3. The first-order valence-electron chi connectivity index (χ1n) is 5.55. The quantitative estimate of drug-likeness (QED) is 0.848. The number of aromatic hydroxyl groups is 1. The Kier molecular flexibility index (Phi) is 3.64. The summed E-state index contributed by atoms with van der Waals surface area (Å²) in [5.41, 5.74) is 1.14. The summed E-state index contributed by atoms with van der Waals surface area (Å²) in [5, 5.41) is 12.5. The number of thiophene rings is 1. The van der Waals surface area contributed by atoms with Gasteiger partial charge in [0.25, 0.3) is 0 Å². The van der Waals surface area contributed by atoms with Crippen molar-refractivity contribution in [2.75, 3.05) is 6.61 Å². The van der Waals surface area contributed by atoms with Crippen molar-refractivity contribution in [1.82, 2.24) is 0 Å². The average Bonchev–Trinajstić information content (AvgIpc) is 2.69. The fraction of sp³-hybridized carbons (Fsp3) is 0.308. The highest BCUT2D eigenvalue weighted by molar-refractivity contribution is 7.17. The standard InChI is InChI=1S/C13H14O3S/c1-2-16-13(15)6-3-9-8-17-12-7-10(14)4-5-11(9)12/h4-5,7-8,14H,2-3,6H2,1H3. The minimum Gasteiger partial charge on any atom is -0.508 e. The molecule has 0 aliphatic heterocycles. The second-order valence-electron chi connectivity index (χ2n) is 3.75. The van der Waals surface area contributed by atoms with Gasteiger partial charge in [-0.2, -0.15) is 0 Å². The predicted molar refractivity (Wildman–Crippen MR) is 68.4 cm³/mol. The summed E-state index contributed by atoms with van der Waals surface area (Å²) < 4.78 is 5.94. The van der Waals surface area contributed by atoms with E-state index in [1.165, 1.54) is 0 Å². The SMILES string of the molecule is CCOC(=O)CCc1csc2cc(O)ccc12. The molecule has 0 fully saturated rings. The van der Waals surface area contributed by atoms with Gasteiger partial charge in [0.2, 0.25) is 0 Å². The minimum absolute atomic E-state index is 0.161. The molecule has 90 valence electrons. The lowest BCUT2D eigenvalue weighted by Crippen LogP contribution is -2.04. The van der Waals surface area contributed by atoms with Crippen LogP contribution in [0.4, 0.5) is 0 Å². The molecule has 2 aromatic rings. The van der Waals surface area contributed by atoms with Crippen LogP contribution in [0.2, 0.25) is 0 Å². The molecule has 0 saturated heterocycles. The summed E-state index contributed by atoms with van der Waals surface area (Å²) in [6.45, 7) is 2.23. The Morgan fingerprint density at radius 3 is 3.06 bits per heavy atom. The molecule has 0 bridgehead atoms. The Bertz CT molecular complexity index is 530. The van der Waals surface area contributed by atoms with Gasteiger partial charge in [0.05, 0.1) is 6.61 Å². The summed E-state index contributed by atoms with van der Waals surface area (Å²) in [5.74, 6) is 0.113. The van der Waals surface area contributed by atoms with E-state index in [2.05, 4.69) is 0 Å². The molecule has 0 saturated carbocycles. The summed E-state index contributed by atoms with van der Waals surface area (Å²) in [6, 6.07) is 5.30. The van der Waals surface area contributed by atoms with Gasteiger partial charge in [-0.05, 0) is 47.9 Å². The number of ether oxygens (including phenoxy) is 1. The van der Waals surface area contributed by atoms with Crippen LogP contribution in [0.25, 0.3) is 10.1 Å². The largest absolute Gasteiger partial charge is 0.508 e. The van der Waals surface area contributed by atoms with E-state index in [9.17, 15) is 9.90 Å². The first kappa shape index (κ1) is 11.9. The molecule has 1 heterocycles. The number of phenols is 1. The smallest absolute Gasteiger partial charge is 0.306 e. The average molecular weight is 250 g/mol. The zero-order chi connectivity index (χ0) is 12.3. The molecular weight excluding hydrogens is 236 g/mol. The van der Waals surface area contributed by atoms with Gasteiger partial charge in [0.1, 0.15) is 5.75 Å². The summed E-state index contributed by atoms with van der Waals surface area (Å²) in [4.78, 5) is 11.3. The monoisotopic (exact) mass is 250 g/mol. The van der Waals surface area contributed by atoms with Crippen LogP contribution in [-0.2, 0) is 16.0 Å². The van der Waals surface area contributed by atoms with Crippen LogP contribution >= 0.6 is 11.3 Å². The Labute approximate surface area is 104 Å². The maximum absolute atomic E-state index is 11.3. The van der Waals surface area contributed by atoms with Gasteiger partial charge in [0, 0.05) is 11.1 Å². The second-order valence-corrected chi connectivity index (χ2v) is 4.66. The van der Waals surface area contributed by atoms with Crippen LogP contribution in [0.1, 0.15) is 18.9 Å². The number of aryl methyl sites for hydroxylation is 1. The Hall–Kier alpha value is -1.55. The van der Waals surface area contributed by atoms with E-state index in [1.807, 2.05) is 11.4 Å². The number of hydrogen-bond donors (Lipinski definition) is 1. The van der Waals surface area contributed by atoms with E-state index < -0.39 is 0 Å². The number of hydrogen-bond acceptors (Lipinski definition) is 4. The van der Waals surface area contributed by atoms with Crippen molar-refractivity contribution in [3.63, 3.8) is 0 Å². The summed E-state index contributed by atoms with van der Waals surface area (Å²) >= 11 is 1.58. The molecule has 0 spiro atoms. The lowest BCUT2D eigenvalue weighted by atomic mass is 10.1. The zero-order valence-corrected chi connectivity index (χ0v) is 10.4. The Balaban J connectivity index is 2.11. The van der Waals surface area contributed by atoms with Crippen LogP contribution in [0, 0.1) is 0 Å². The molecule has 2 rings (SSSR count). The van der Waals surface area contributed by atoms with Gasteiger partial charge in [-0.15, -0.1) is 11.3 Å². The van der Waals surface area contributed by atoms with Crippen molar-refractivity contribution in [3.8, 4) is 5.75 Å². The molecular formula is C13H14O3S. The number of phenolic OH excluding ortho intramolecular Hbond substituents is 1. The third-order valence-corrected chi connectivity index (χ3v) is 3.54. The van der Waals surface area contributed by atoms with Crippen LogP contribution < -0.4 is 0 Å². The van der Waals surface area contributed by atoms with E-state index in [0.717, 1.165) is 15.6 Å². The Morgan fingerprint density at radius 2 is 2.29 bits per heavy atom. The van der Waals surface area contributed by atoms with E-state index in [0.29, 0.717) is 19.4 Å². The van der Waals surface area contributed by atoms with Gasteiger partial charge in [0.15, 0.2) is 0 Å². The number of fused-ring (bicyclic) bond motifs is 1. The number of carbonyl (C=O) groups excluding carboxylic acids is 1. The normalized spacial score (nSPS) is 10.6. The molecule has 0 atom stereocenters. The number of carbonyl (C=O) groups is 1. The third kappa shape index (κ3) is 2.77. The molecule has 3 nitrogen and oxygen atoms in total. The molecule has 0 amide bonds. The molecule has 0 unspecified atom stereocenters. The zero-order valence-electron chi connectivity index (χ0n) is 9.60. The molecule has 0 radical (unpaired) electrons. The lowest BCUT2D eigenvalue weighted by molar-refractivity contribution is -0.143. The first-order chi connectivity index (χ1) is 8.20. The van der Waals surface area contributed by atoms with Crippen LogP contribution in [-0.4, -0.2) is 17.7 Å². The molecule has 1 aromatic carbocycles. The third-order valence-electron chi connectivity index (χ3n) is 2.54. The second kappa shape index (κ2) is 5.19. The molecule has 0 aliphatic carbocycles. The van der Waals surface area contributed by atoms with Crippen molar-refractivity contribution in [2.24, 2.45) is 0 Å². The van der Waals surface area contributed by atoms with Crippen molar-refractivity contribution in [3.05, 3.63) is 29.1 Å². The predicted octanol–water partition coefficient (Wildman–Crippen LogP) is 3.10. The fourth-order valence-corrected chi connectivity index (χ4v) is 2.76. The molecule has 4 heteroatoms. The van der Waals surface area contributed by atoms with E-state index >= 15 is 0 Å².